The van der Waals surface area contributed by atoms with Crippen LogP contribution in [0.3, 0.4) is 0 Å². The molecule has 2 amide bonds. The van der Waals surface area contributed by atoms with Crippen LogP contribution in [0.5, 0.6) is 0 Å². The lowest BCUT2D eigenvalue weighted by atomic mass is 10.1. The van der Waals surface area contributed by atoms with Crippen molar-refractivity contribution in [3.8, 4) is 0 Å². The molecule has 0 bridgehead atoms. The van der Waals surface area contributed by atoms with Crippen LogP contribution in [0, 0.1) is 6.92 Å². The molecule has 2 rings (SSSR count). The molecule has 0 spiro atoms. The van der Waals surface area contributed by atoms with Crippen molar-refractivity contribution in [2.45, 2.75) is 51.1 Å². The van der Waals surface area contributed by atoms with Crippen LogP contribution in [0.1, 0.15) is 37.8 Å². The zero-order chi connectivity index (χ0) is 21.2. The average molecular weight is 477 g/mol. The third-order valence-corrected chi connectivity index (χ3v) is 6.17. The summed E-state index contributed by atoms with van der Waals surface area (Å²) in [6.07, 6.45) is 1.95. The second-order valence-electron chi connectivity index (χ2n) is 7.07. The topological polar surface area (TPSA) is 49.4 Å². The Morgan fingerprint density at radius 3 is 2.38 bits per heavy atom. The molecule has 0 heterocycles. The van der Waals surface area contributed by atoms with E-state index in [1.807, 2.05) is 55.5 Å². The Morgan fingerprint density at radius 1 is 1.10 bits per heavy atom. The molecule has 4 nitrogen and oxygen atoms in total. The van der Waals surface area contributed by atoms with E-state index in [0.717, 1.165) is 27.8 Å². The van der Waals surface area contributed by atoms with E-state index in [4.69, 9.17) is 0 Å². The summed E-state index contributed by atoms with van der Waals surface area (Å²) in [6.45, 7) is 6.97. The molecule has 6 heteroatoms. The number of aryl methyl sites for hydroxylation is 1. The summed E-state index contributed by atoms with van der Waals surface area (Å²) in [4.78, 5) is 28.4. The van der Waals surface area contributed by atoms with Gasteiger partial charge in [-0.15, -0.1) is 11.8 Å². The molecular formula is C23H29BrN2O2S. The van der Waals surface area contributed by atoms with Crippen LogP contribution in [0.25, 0.3) is 0 Å². The first-order chi connectivity index (χ1) is 13.9. The van der Waals surface area contributed by atoms with Crippen LogP contribution in [-0.4, -0.2) is 35.1 Å². The number of benzene rings is 2. The average Bonchev–Trinajstić information content (AvgIpc) is 2.72. The first kappa shape index (κ1) is 23.5. The number of nitrogens with zero attached hydrogens (tertiary/aromatic N) is 1. The van der Waals surface area contributed by atoms with Crippen molar-refractivity contribution < 1.29 is 9.59 Å². The van der Waals surface area contributed by atoms with Crippen LogP contribution in [0.15, 0.2) is 57.9 Å². The van der Waals surface area contributed by atoms with Crippen molar-refractivity contribution in [2.24, 2.45) is 0 Å². The first-order valence-corrected chi connectivity index (χ1v) is 11.7. The Balaban J connectivity index is 2.08. The van der Waals surface area contributed by atoms with Crippen molar-refractivity contribution in [1.29, 1.82) is 0 Å². The maximum atomic E-state index is 13.0. The Morgan fingerprint density at radius 2 is 1.76 bits per heavy atom. The van der Waals surface area contributed by atoms with Gasteiger partial charge < -0.3 is 10.2 Å². The molecule has 2 aromatic carbocycles. The van der Waals surface area contributed by atoms with Gasteiger partial charge in [0.25, 0.3) is 0 Å². The summed E-state index contributed by atoms with van der Waals surface area (Å²) in [6, 6.07) is 15.4. The number of halogens is 1. The third kappa shape index (κ3) is 7.86. The van der Waals surface area contributed by atoms with Gasteiger partial charge in [-0.25, -0.2) is 0 Å². The molecule has 1 N–H and O–H groups in total. The summed E-state index contributed by atoms with van der Waals surface area (Å²) < 4.78 is 0.986. The number of carbonyl (C=O) groups excluding carboxylic acids is 2. The zero-order valence-corrected chi connectivity index (χ0v) is 19.7. The summed E-state index contributed by atoms with van der Waals surface area (Å²) in [5, 5.41) is 2.95. The van der Waals surface area contributed by atoms with Crippen LogP contribution >= 0.6 is 27.7 Å². The molecule has 0 radical (unpaired) electrons. The van der Waals surface area contributed by atoms with Gasteiger partial charge in [0.05, 0.1) is 5.75 Å². The molecule has 0 aliphatic heterocycles. The van der Waals surface area contributed by atoms with E-state index in [2.05, 4.69) is 28.2 Å². The smallest absolute Gasteiger partial charge is 0.242 e. The van der Waals surface area contributed by atoms with Gasteiger partial charge in [0.1, 0.15) is 6.04 Å². The molecule has 1 unspecified atom stereocenters. The number of thioether (sulfide) groups is 1. The van der Waals surface area contributed by atoms with Gasteiger partial charge in [0.2, 0.25) is 11.8 Å². The minimum atomic E-state index is -0.526. The lowest BCUT2D eigenvalue weighted by molar-refractivity contribution is -0.138. The van der Waals surface area contributed by atoms with Crippen LogP contribution in [0.4, 0.5) is 0 Å². The molecule has 0 aromatic heterocycles. The molecule has 0 fully saturated rings. The lowest BCUT2D eigenvalue weighted by Crippen LogP contribution is -2.48. The number of unbranched alkanes of at least 4 members (excludes halogenated alkanes) is 1. The van der Waals surface area contributed by atoms with E-state index in [1.165, 1.54) is 17.3 Å². The fraction of sp³-hybridized carbons (Fsp3) is 0.391. The highest BCUT2D eigenvalue weighted by Gasteiger charge is 2.26. The minimum Gasteiger partial charge on any atom is -0.354 e. The fourth-order valence-electron chi connectivity index (χ4n) is 2.77. The molecular weight excluding hydrogens is 448 g/mol. The van der Waals surface area contributed by atoms with Gasteiger partial charge in [-0.1, -0.05) is 59.1 Å². The largest absolute Gasteiger partial charge is 0.354 e. The molecule has 0 aliphatic rings. The highest BCUT2D eigenvalue weighted by Crippen LogP contribution is 2.21. The van der Waals surface area contributed by atoms with Crippen LogP contribution in [-0.2, 0) is 16.1 Å². The van der Waals surface area contributed by atoms with E-state index < -0.39 is 6.04 Å². The number of hydrogen-bond acceptors (Lipinski definition) is 3. The Hall–Kier alpha value is -1.79. The number of nitrogens with one attached hydrogen (secondary N) is 1. The van der Waals surface area contributed by atoms with Crippen LogP contribution < -0.4 is 5.32 Å². The maximum Gasteiger partial charge on any atom is 0.242 e. The zero-order valence-electron chi connectivity index (χ0n) is 17.3. The molecule has 0 aliphatic carbocycles. The number of rotatable bonds is 10. The van der Waals surface area contributed by atoms with E-state index >= 15 is 0 Å². The summed E-state index contributed by atoms with van der Waals surface area (Å²) in [5.41, 5.74) is 2.19. The van der Waals surface area contributed by atoms with Gasteiger partial charge in [-0.2, -0.15) is 0 Å². The number of hydrogen-bond donors (Lipinski definition) is 1. The molecule has 0 saturated carbocycles. The third-order valence-electron chi connectivity index (χ3n) is 4.65. The SMILES string of the molecule is CCCCNC(=O)C(C)N(Cc1ccc(Br)cc1)C(=O)CSc1ccc(C)cc1. The van der Waals surface area contributed by atoms with Gasteiger partial charge in [-0.05, 0) is 50.1 Å². The van der Waals surface area contributed by atoms with E-state index in [9.17, 15) is 9.59 Å². The maximum absolute atomic E-state index is 13.0. The van der Waals surface area contributed by atoms with E-state index in [-0.39, 0.29) is 11.8 Å². The highest BCUT2D eigenvalue weighted by atomic mass is 79.9. The first-order valence-electron chi connectivity index (χ1n) is 9.91. The van der Waals surface area contributed by atoms with Crippen molar-refractivity contribution in [3.63, 3.8) is 0 Å². The van der Waals surface area contributed by atoms with Crippen molar-refractivity contribution in [3.05, 3.63) is 64.1 Å². The van der Waals surface area contributed by atoms with Crippen molar-refractivity contribution in [1.82, 2.24) is 10.2 Å². The monoisotopic (exact) mass is 476 g/mol. The normalized spacial score (nSPS) is 11.7. The standard InChI is InChI=1S/C23H29BrN2O2S/c1-4-5-14-25-23(28)18(3)26(15-19-8-10-20(24)11-9-19)22(27)16-29-21-12-6-17(2)7-13-21/h6-13,18H,4-5,14-16H2,1-3H3,(H,25,28). The number of amides is 2. The quantitative estimate of drug-likeness (QED) is 0.379. The second-order valence-corrected chi connectivity index (χ2v) is 9.03. The molecule has 29 heavy (non-hydrogen) atoms. The molecule has 0 saturated heterocycles. The van der Waals surface area contributed by atoms with Gasteiger partial charge >= 0.3 is 0 Å². The Labute approximate surface area is 186 Å². The predicted octanol–water partition coefficient (Wildman–Crippen LogP) is 5.18. The second kappa shape index (κ2) is 12.0. The van der Waals surface area contributed by atoms with Crippen molar-refractivity contribution in [2.75, 3.05) is 12.3 Å². The van der Waals surface area contributed by atoms with Gasteiger partial charge in [0, 0.05) is 22.5 Å². The number of carbonyl (C=O) groups is 2. The molecule has 156 valence electrons. The molecule has 1 atom stereocenters. The molecule has 2 aromatic rings. The summed E-state index contributed by atoms with van der Waals surface area (Å²) in [5.74, 6) is 0.146. The highest BCUT2D eigenvalue weighted by molar-refractivity contribution is 9.10. The van der Waals surface area contributed by atoms with Gasteiger partial charge in [0.15, 0.2) is 0 Å². The fourth-order valence-corrected chi connectivity index (χ4v) is 3.82. The van der Waals surface area contributed by atoms with Gasteiger partial charge in [-0.3, -0.25) is 9.59 Å². The Kier molecular flexibility index (Phi) is 9.74. The summed E-state index contributed by atoms with van der Waals surface area (Å²) in [7, 11) is 0. The Bertz CT molecular complexity index is 794. The minimum absolute atomic E-state index is 0.0448. The van der Waals surface area contributed by atoms with E-state index in [0.29, 0.717) is 18.8 Å². The van der Waals surface area contributed by atoms with Crippen LogP contribution in [0.2, 0.25) is 0 Å². The summed E-state index contributed by atoms with van der Waals surface area (Å²) >= 11 is 4.93. The lowest BCUT2D eigenvalue weighted by Gasteiger charge is -2.29. The predicted molar refractivity (Wildman–Crippen MR) is 124 cm³/mol. The van der Waals surface area contributed by atoms with E-state index in [1.54, 1.807) is 11.8 Å². The van der Waals surface area contributed by atoms with Crippen molar-refractivity contribution >= 4 is 39.5 Å².